The van der Waals surface area contributed by atoms with E-state index in [2.05, 4.69) is 16.4 Å². The number of carbonyl (C=O) groups is 1. The molecular formula is C18H19N3O2S2. The molecule has 5 nitrogen and oxygen atoms in total. The molecule has 0 fully saturated rings. The van der Waals surface area contributed by atoms with Crippen LogP contribution in [0.5, 0.6) is 0 Å². The van der Waals surface area contributed by atoms with E-state index in [1.54, 1.807) is 22.7 Å². The molecule has 3 heterocycles. The van der Waals surface area contributed by atoms with E-state index in [1.807, 2.05) is 11.4 Å². The van der Waals surface area contributed by atoms with Gasteiger partial charge in [-0.05, 0) is 49.1 Å². The number of aryl methyl sites for hydroxylation is 2. The van der Waals surface area contributed by atoms with Crippen LogP contribution in [0.1, 0.15) is 28.2 Å². The molecule has 0 aromatic carbocycles. The number of amides is 1. The first kappa shape index (κ1) is 16.5. The number of nitrogens with zero attached hydrogens (tertiary/aromatic N) is 2. The Morgan fingerprint density at radius 2 is 2.20 bits per heavy atom. The summed E-state index contributed by atoms with van der Waals surface area (Å²) in [6.45, 7) is 0.606. The molecule has 1 amide bonds. The van der Waals surface area contributed by atoms with Gasteiger partial charge in [-0.25, -0.2) is 4.98 Å². The van der Waals surface area contributed by atoms with Gasteiger partial charge in [0.15, 0.2) is 0 Å². The summed E-state index contributed by atoms with van der Waals surface area (Å²) in [4.78, 5) is 32.7. The van der Waals surface area contributed by atoms with Crippen LogP contribution in [-0.4, -0.2) is 22.0 Å². The van der Waals surface area contributed by atoms with Crippen molar-refractivity contribution in [2.24, 2.45) is 0 Å². The van der Waals surface area contributed by atoms with Crippen LogP contribution in [0.2, 0.25) is 0 Å². The van der Waals surface area contributed by atoms with Crippen molar-refractivity contribution in [3.8, 4) is 0 Å². The predicted octanol–water partition coefficient (Wildman–Crippen LogP) is 2.76. The van der Waals surface area contributed by atoms with Crippen molar-refractivity contribution >= 4 is 38.8 Å². The van der Waals surface area contributed by atoms with E-state index in [0.29, 0.717) is 6.54 Å². The largest absolute Gasteiger partial charge is 0.354 e. The lowest BCUT2D eigenvalue weighted by molar-refractivity contribution is -0.121. The van der Waals surface area contributed by atoms with Gasteiger partial charge in [-0.3, -0.25) is 14.2 Å². The molecule has 3 aromatic rings. The minimum Gasteiger partial charge on any atom is -0.354 e. The Bertz CT molecular complexity index is 957. The number of rotatable bonds is 5. The van der Waals surface area contributed by atoms with Crippen LogP contribution in [0.25, 0.3) is 10.2 Å². The monoisotopic (exact) mass is 373 g/mol. The maximum absolute atomic E-state index is 12.8. The van der Waals surface area contributed by atoms with Crippen molar-refractivity contribution in [3.63, 3.8) is 0 Å². The fourth-order valence-corrected chi connectivity index (χ4v) is 5.21. The van der Waals surface area contributed by atoms with E-state index >= 15 is 0 Å². The van der Waals surface area contributed by atoms with Crippen LogP contribution in [0.15, 0.2) is 28.6 Å². The number of hydrogen-bond donors (Lipinski definition) is 1. The van der Waals surface area contributed by atoms with E-state index in [4.69, 9.17) is 0 Å². The molecule has 0 spiro atoms. The van der Waals surface area contributed by atoms with Crippen molar-refractivity contribution in [2.75, 3.05) is 6.54 Å². The average molecular weight is 374 g/mol. The molecule has 0 radical (unpaired) electrons. The quantitative estimate of drug-likeness (QED) is 0.748. The summed E-state index contributed by atoms with van der Waals surface area (Å²) in [6.07, 6.45) is 6.61. The SMILES string of the molecule is O=C(Cn1cnc2sc3c(c2c1=O)CCCC3)NCCc1cccs1. The number of nitrogens with one attached hydrogen (secondary N) is 1. The minimum absolute atomic E-state index is 0.0246. The second-order valence-corrected chi connectivity index (χ2v) is 8.36. The van der Waals surface area contributed by atoms with Gasteiger partial charge in [-0.15, -0.1) is 22.7 Å². The topological polar surface area (TPSA) is 64.0 Å². The van der Waals surface area contributed by atoms with Gasteiger partial charge >= 0.3 is 0 Å². The van der Waals surface area contributed by atoms with Gasteiger partial charge in [0, 0.05) is 16.3 Å². The minimum atomic E-state index is -0.149. The van der Waals surface area contributed by atoms with Gasteiger partial charge in [0.05, 0.1) is 11.7 Å². The number of fused-ring (bicyclic) bond motifs is 3. The molecule has 0 bridgehead atoms. The van der Waals surface area contributed by atoms with Crippen LogP contribution < -0.4 is 10.9 Å². The third-order valence-electron chi connectivity index (χ3n) is 4.53. The van der Waals surface area contributed by atoms with E-state index in [1.165, 1.54) is 27.1 Å². The second kappa shape index (κ2) is 7.09. The first-order valence-corrected chi connectivity index (χ1v) is 10.2. The van der Waals surface area contributed by atoms with Gasteiger partial charge in [-0.1, -0.05) is 6.07 Å². The molecule has 1 N–H and O–H groups in total. The zero-order valence-corrected chi connectivity index (χ0v) is 15.4. The molecule has 3 aromatic heterocycles. The van der Waals surface area contributed by atoms with E-state index in [-0.39, 0.29) is 18.0 Å². The Kier molecular flexibility index (Phi) is 4.67. The number of aromatic nitrogens is 2. The fourth-order valence-electron chi connectivity index (χ4n) is 3.28. The standard InChI is InChI=1S/C18H19N3O2S2/c22-15(19-8-7-12-4-3-9-24-12)10-21-11-20-17-16(18(21)23)13-5-1-2-6-14(13)25-17/h3-4,9,11H,1-2,5-8,10H2,(H,19,22). The second-order valence-electron chi connectivity index (χ2n) is 6.25. The maximum atomic E-state index is 12.8. The number of hydrogen-bond acceptors (Lipinski definition) is 5. The van der Waals surface area contributed by atoms with E-state index < -0.39 is 0 Å². The van der Waals surface area contributed by atoms with Crippen molar-refractivity contribution in [1.82, 2.24) is 14.9 Å². The van der Waals surface area contributed by atoms with Crippen LogP contribution >= 0.6 is 22.7 Å². The molecule has 130 valence electrons. The van der Waals surface area contributed by atoms with Crippen LogP contribution in [0, 0.1) is 0 Å². The summed E-state index contributed by atoms with van der Waals surface area (Å²) in [7, 11) is 0. The van der Waals surface area contributed by atoms with Crippen molar-refractivity contribution < 1.29 is 4.79 Å². The van der Waals surface area contributed by atoms with Gasteiger partial charge < -0.3 is 5.32 Å². The molecule has 1 aliphatic carbocycles. The first-order chi connectivity index (χ1) is 12.2. The summed E-state index contributed by atoms with van der Waals surface area (Å²) in [5, 5.41) is 5.64. The zero-order chi connectivity index (χ0) is 17.2. The zero-order valence-electron chi connectivity index (χ0n) is 13.8. The van der Waals surface area contributed by atoms with Gasteiger partial charge in [0.25, 0.3) is 5.56 Å². The van der Waals surface area contributed by atoms with Crippen molar-refractivity contribution in [2.45, 2.75) is 38.6 Å². The fraction of sp³-hybridized carbons (Fsp3) is 0.389. The molecule has 0 unspecified atom stereocenters. The van der Waals surface area contributed by atoms with Crippen LogP contribution in [-0.2, 0) is 30.6 Å². The highest BCUT2D eigenvalue weighted by molar-refractivity contribution is 7.18. The highest BCUT2D eigenvalue weighted by Gasteiger charge is 2.20. The molecular weight excluding hydrogens is 354 g/mol. The van der Waals surface area contributed by atoms with Gasteiger partial charge in [0.1, 0.15) is 11.4 Å². The smallest absolute Gasteiger partial charge is 0.262 e. The molecule has 0 saturated heterocycles. The highest BCUT2D eigenvalue weighted by Crippen LogP contribution is 2.33. The van der Waals surface area contributed by atoms with Crippen molar-refractivity contribution in [3.05, 3.63) is 49.5 Å². The Labute approximate surface area is 153 Å². The van der Waals surface area contributed by atoms with Crippen LogP contribution in [0.4, 0.5) is 0 Å². The van der Waals surface area contributed by atoms with E-state index in [0.717, 1.165) is 41.5 Å². The first-order valence-electron chi connectivity index (χ1n) is 8.51. The normalized spacial score (nSPS) is 13.8. The lowest BCUT2D eigenvalue weighted by Gasteiger charge is -2.10. The van der Waals surface area contributed by atoms with Crippen LogP contribution in [0.3, 0.4) is 0 Å². The van der Waals surface area contributed by atoms with Crippen molar-refractivity contribution in [1.29, 1.82) is 0 Å². The molecule has 7 heteroatoms. The lowest BCUT2D eigenvalue weighted by atomic mass is 9.97. The molecule has 0 atom stereocenters. The molecule has 0 saturated carbocycles. The lowest BCUT2D eigenvalue weighted by Crippen LogP contribution is -2.33. The van der Waals surface area contributed by atoms with Gasteiger partial charge in [-0.2, -0.15) is 0 Å². The Hall–Kier alpha value is -1.99. The molecule has 0 aliphatic heterocycles. The summed E-state index contributed by atoms with van der Waals surface area (Å²) in [5.74, 6) is -0.149. The molecule has 25 heavy (non-hydrogen) atoms. The Balaban J connectivity index is 1.48. The molecule has 1 aliphatic rings. The maximum Gasteiger partial charge on any atom is 0.262 e. The molecule has 4 rings (SSSR count). The third-order valence-corrected chi connectivity index (χ3v) is 6.67. The number of thiophene rings is 2. The highest BCUT2D eigenvalue weighted by atomic mass is 32.1. The summed E-state index contributed by atoms with van der Waals surface area (Å²) in [6, 6.07) is 4.06. The predicted molar refractivity (Wildman–Crippen MR) is 102 cm³/mol. The van der Waals surface area contributed by atoms with Gasteiger partial charge in [0.2, 0.25) is 5.91 Å². The summed E-state index contributed by atoms with van der Waals surface area (Å²) >= 11 is 3.31. The summed E-state index contributed by atoms with van der Waals surface area (Å²) < 4.78 is 1.43. The average Bonchev–Trinajstić information content (AvgIpc) is 3.24. The number of carbonyl (C=O) groups excluding carboxylic acids is 1. The van der Waals surface area contributed by atoms with E-state index in [9.17, 15) is 9.59 Å². The summed E-state index contributed by atoms with van der Waals surface area (Å²) in [5.41, 5.74) is 1.08. The Morgan fingerprint density at radius 1 is 1.32 bits per heavy atom. The third kappa shape index (κ3) is 3.39. The Morgan fingerprint density at radius 3 is 3.04 bits per heavy atom.